The van der Waals surface area contributed by atoms with Gasteiger partial charge in [0.2, 0.25) is 0 Å². The van der Waals surface area contributed by atoms with E-state index in [-0.39, 0.29) is 17.4 Å². The quantitative estimate of drug-likeness (QED) is 0.398. The first-order valence-electron chi connectivity index (χ1n) is 8.77. The summed E-state index contributed by atoms with van der Waals surface area (Å²) in [5, 5.41) is 9.07. The van der Waals surface area contributed by atoms with E-state index in [0.717, 1.165) is 15.7 Å². The first-order valence-corrected chi connectivity index (χ1v) is 9.76. The molecule has 4 aromatic rings. The molecule has 0 unspecified atom stereocenters. The molecule has 9 heteroatoms. The smallest absolute Gasteiger partial charge is 0.298 e. The molecule has 2 aromatic heterocycles. The van der Waals surface area contributed by atoms with Gasteiger partial charge >= 0.3 is 6.55 Å². The van der Waals surface area contributed by atoms with E-state index >= 15 is 0 Å². The molecule has 2 aromatic carbocycles. The molecular weight excluding hydrogens is 399 g/mol. The van der Waals surface area contributed by atoms with E-state index in [4.69, 9.17) is 0 Å². The fourth-order valence-electron chi connectivity index (χ4n) is 2.88. The van der Waals surface area contributed by atoms with Gasteiger partial charge in [-0.05, 0) is 29.8 Å². The number of alkyl halides is 2. The van der Waals surface area contributed by atoms with Crippen LogP contribution in [0, 0.1) is 5.82 Å². The van der Waals surface area contributed by atoms with Crippen molar-refractivity contribution in [1.29, 1.82) is 0 Å². The van der Waals surface area contributed by atoms with Gasteiger partial charge in [0, 0.05) is 18.0 Å². The van der Waals surface area contributed by atoms with E-state index < -0.39 is 6.55 Å². The molecule has 0 aliphatic heterocycles. The van der Waals surface area contributed by atoms with Crippen LogP contribution in [0.25, 0.3) is 11.4 Å². The number of aromatic nitrogens is 5. The van der Waals surface area contributed by atoms with Gasteiger partial charge in [0.15, 0.2) is 11.0 Å². The third kappa shape index (κ3) is 4.34. The molecule has 5 nitrogen and oxygen atoms in total. The standard InChI is InChI=1S/C20H16F3N5S/c21-16-8-6-15(7-9-16)18-25-26-20(28(18)12-14-4-2-1-3-5-14)29-13-17-24-10-11-27(17)19(22)23/h1-11,19H,12-13H2. The van der Waals surface area contributed by atoms with Crippen LogP contribution in [0.4, 0.5) is 13.2 Å². The van der Waals surface area contributed by atoms with E-state index in [1.165, 1.54) is 36.3 Å². The monoisotopic (exact) mass is 415 g/mol. The largest absolute Gasteiger partial charge is 0.319 e. The fourth-order valence-corrected chi connectivity index (χ4v) is 3.77. The van der Waals surface area contributed by atoms with Crippen LogP contribution in [0.2, 0.25) is 0 Å². The van der Waals surface area contributed by atoms with Gasteiger partial charge < -0.3 is 0 Å². The van der Waals surface area contributed by atoms with Crippen LogP contribution in [0.5, 0.6) is 0 Å². The second-order valence-electron chi connectivity index (χ2n) is 6.20. The van der Waals surface area contributed by atoms with Crippen molar-refractivity contribution >= 4 is 11.8 Å². The summed E-state index contributed by atoms with van der Waals surface area (Å²) in [4.78, 5) is 4.00. The maximum absolute atomic E-state index is 13.3. The summed E-state index contributed by atoms with van der Waals surface area (Å²) in [5.74, 6) is 0.709. The summed E-state index contributed by atoms with van der Waals surface area (Å²) in [6.07, 6.45) is 2.60. The second-order valence-corrected chi connectivity index (χ2v) is 7.14. The van der Waals surface area contributed by atoms with Crippen molar-refractivity contribution in [3.05, 3.63) is 84.2 Å². The number of benzene rings is 2. The van der Waals surface area contributed by atoms with E-state index in [2.05, 4.69) is 15.2 Å². The lowest BCUT2D eigenvalue weighted by Gasteiger charge is -2.11. The molecule has 0 aliphatic rings. The van der Waals surface area contributed by atoms with Crippen LogP contribution >= 0.6 is 11.8 Å². The first-order chi connectivity index (χ1) is 14.1. The van der Waals surface area contributed by atoms with Crippen molar-refractivity contribution in [2.45, 2.75) is 24.0 Å². The van der Waals surface area contributed by atoms with Gasteiger partial charge in [-0.25, -0.2) is 9.37 Å². The molecule has 29 heavy (non-hydrogen) atoms. The Bertz CT molecular complexity index is 1080. The predicted molar refractivity (Wildman–Crippen MR) is 104 cm³/mol. The number of thioether (sulfide) groups is 1. The summed E-state index contributed by atoms with van der Waals surface area (Å²) in [5.41, 5.74) is 1.75. The zero-order valence-electron chi connectivity index (χ0n) is 15.1. The Morgan fingerprint density at radius 1 is 0.966 bits per heavy atom. The second kappa shape index (κ2) is 8.52. The van der Waals surface area contributed by atoms with E-state index in [1.54, 1.807) is 12.1 Å². The molecule has 0 spiro atoms. The number of rotatable bonds is 7. The van der Waals surface area contributed by atoms with Gasteiger partial charge in [-0.1, -0.05) is 42.1 Å². The number of hydrogen-bond donors (Lipinski definition) is 0. The third-order valence-corrected chi connectivity index (χ3v) is 5.26. The van der Waals surface area contributed by atoms with Crippen molar-refractivity contribution in [2.75, 3.05) is 0 Å². The highest BCUT2D eigenvalue weighted by Gasteiger charge is 2.17. The van der Waals surface area contributed by atoms with Crippen LogP contribution in [0.1, 0.15) is 17.9 Å². The lowest BCUT2D eigenvalue weighted by Crippen LogP contribution is -2.06. The van der Waals surface area contributed by atoms with Crippen LogP contribution in [-0.4, -0.2) is 24.3 Å². The summed E-state index contributed by atoms with van der Waals surface area (Å²) in [7, 11) is 0. The van der Waals surface area contributed by atoms with Gasteiger partial charge in [-0.15, -0.1) is 10.2 Å². The Morgan fingerprint density at radius 3 is 2.45 bits per heavy atom. The molecule has 2 heterocycles. The molecule has 0 N–H and O–H groups in total. The van der Waals surface area contributed by atoms with Crippen LogP contribution in [0.15, 0.2) is 72.1 Å². The van der Waals surface area contributed by atoms with Gasteiger partial charge in [0.05, 0.1) is 12.3 Å². The zero-order chi connectivity index (χ0) is 20.2. The van der Waals surface area contributed by atoms with Crippen LogP contribution < -0.4 is 0 Å². The Labute approximate surface area is 169 Å². The van der Waals surface area contributed by atoms with E-state index in [1.807, 2.05) is 34.9 Å². The van der Waals surface area contributed by atoms with Crippen molar-refractivity contribution in [3.8, 4) is 11.4 Å². The maximum Gasteiger partial charge on any atom is 0.319 e. The molecule has 0 fully saturated rings. The molecule has 0 saturated carbocycles. The highest BCUT2D eigenvalue weighted by atomic mass is 32.2. The van der Waals surface area contributed by atoms with Crippen LogP contribution in [0.3, 0.4) is 0 Å². The lowest BCUT2D eigenvalue weighted by atomic mass is 10.2. The highest BCUT2D eigenvalue weighted by Crippen LogP contribution is 2.28. The normalized spacial score (nSPS) is 11.3. The maximum atomic E-state index is 13.3. The van der Waals surface area contributed by atoms with Gasteiger partial charge in [0.1, 0.15) is 11.6 Å². The summed E-state index contributed by atoms with van der Waals surface area (Å²) in [6, 6.07) is 15.8. The fraction of sp³-hybridized carbons (Fsp3) is 0.150. The molecule has 0 saturated heterocycles. The SMILES string of the molecule is Fc1ccc(-c2nnc(SCc3nccn3C(F)F)n2Cc2ccccc2)cc1. The van der Waals surface area contributed by atoms with E-state index in [0.29, 0.717) is 17.5 Å². The minimum absolute atomic E-state index is 0.216. The van der Waals surface area contributed by atoms with Crippen LogP contribution in [-0.2, 0) is 12.3 Å². The Kier molecular flexibility index (Phi) is 5.66. The zero-order valence-corrected chi connectivity index (χ0v) is 15.9. The van der Waals surface area contributed by atoms with Gasteiger partial charge in [0.25, 0.3) is 0 Å². The third-order valence-electron chi connectivity index (χ3n) is 4.29. The van der Waals surface area contributed by atoms with Crippen molar-refractivity contribution in [2.24, 2.45) is 0 Å². The van der Waals surface area contributed by atoms with Gasteiger partial charge in [-0.2, -0.15) is 8.78 Å². The molecule has 0 radical (unpaired) electrons. The Morgan fingerprint density at radius 2 is 1.72 bits per heavy atom. The Hall–Kier alpha value is -3.07. The van der Waals surface area contributed by atoms with Crippen molar-refractivity contribution in [1.82, 2.24) is 24.3 Å². The predicted octanol–water partition coefficient (Wildman–Crippen LogP) is 5.02. The molecule has 4 rings (SSSR count). The summed E-state index contributed by atoms with van der Waals surface area (Å²) in [6.45, 7) is -2.16. The Balaban J connectivity index is 1.65. The first kappa shape index (κ1) is 19.3. The number of halogens is 3. The topological polar surface area (TPSA) is 48.5 Å². The van der Waals surface area contributed by atoms with Crippen molar-refractivity contribution < 1.29 is 13.2 Å². The molecular formula is C20H16F3N5S. The average molecular weight is 415 g/mol. The molecule has 0 amide bonds. The molecule has 0 atom stereocenters. The number of hydrogen-bond acceptors (Lipinski definition) is 4. The number of nitrogens with zero attached hydrogens (tertiary/aromatic N) is 5. The molecule has 0 aliphatic carbocycles. The van der Waals surface area contributed by atoms with Crippen molar-refractivity contribution in [3.63, 3.8) is 0 Å². The lowest BCUT2D eigenvalue weighted by molar-refractivity contribution is 0.0678. The number of imidazole rings is 1. The minimum Gasteiger partial charge on any atom is -0.298 e. The molecule has 148 valence electrons. The molecule has 0 bridgehead atoms. The van der Waals surface area contributed by atoms with Gasteiger partial charge in [-0.3, -0.25) is 9.13 Å². The summed E-state index contributed by atoms with van der Waals surface area (Å²) >= 11 is 1.27. The summed E-state index contributed by atoms with van der Waals surface area (Å²) < 4.78 is 42.2. The average Bonchev–Trinajstić information content (AvgIpc) is 3.35. The minimum atomic E-state index is -2.65. The van der Waals surface area contributed by atoms with E-state index in [9.17, 15) is 13.2 Å². The highest BCUT2D eigenvalue weighted by molar-refractivity contribution is 7.98.